The van der Waals surface area contributed by atoms with Crippen LogP contribution in [0.5, 0.6) is 0 Å². The molecule has 5 nitrogen and oxygen atoms in total. The summed E-state index contributed by atoms with van der Waals surface area (Å²) in [4.78, 5) is 18.8. The highest BCUT2D eigenvalue weighted by Gasteiger charge is 2.27. The van der Waals surface area contributed by atoms with Gasteiger partial charge in [0.15, 0.2) is 0 Å². The molecular weight excluding hydrogens is 384 g/mol. The van der Waals surface area contributed by atoms with E-state index in [1.54, 1.807) is 6.92 Å². The molecule has 2 aromatic rings. The van der Waals surface area contributed by atoms with Crippen LogP contribution in [0.3, 0.4) is 0 Å². The Morgan fingerprint density at radius 3 is 2.78 bits per heavy atom. The van der Waals surface area contributed by atoms with Crippen molar-refractivity contribution in [2.75, 3.05) is 32.9 Å². The molecular formula is C20H23ClN2O3S. The first kappa shape index (κ1) is 19.9. The number of aryl methyl sites for hydroxylation is 1. The van der Waals surface area contributed by atoms with Gasteiger partial charge in [-0.05, 0) is 37.1 Å². The van der Waals surface area contributed by atoms with Crippen LogP contribution in [0.25, 0.3) is 0 Å². The van der Waals surface area contributed by atoms with Crippen LogP contribution in [0.2, 0.25) is 5.02 Å². The van der Waals surface area contributed by atoms with Crippen LogP contribution >= 0.6 is 23.8 Å². The first-order valence-corrected chi connectivity index (χ1v) is 9.80. The third-order valence-electron chi connectivity index (χ3n) is 4.55. The van der Waals surface area contributed by atoms with E-state index in [0.717, 1.165) is 35.6 Å². The number of carbonyl (C=O) groups is 1. The summed E-state index contributed by atoms with van der Waals surface area (Å²) in [6.45, 7) is 6.77. The number of aromatic nitrogens is 1. The first-order valence-electron chi connectivity index (χ1n) is 9.01. The van der Waals surface area contributed by atoms with E-state index in [0.29, 0.717) is 41.8 Å². The fourth-order valence-corrected chi connectivity index (χ4v) is 3.86. The maximum absolute atomic E-state index is 12.6. The average molecular weight is 407 g/mol. The molecule has 0 aliphatic carbocycles. The highest BCUT2D eigenvalue weighted by molar-refractivity contribution is 7.80. The summed E-state index contributed by atoms with van der Waals surface area (Å²) in [6, 6.07) is 7.63. The van der Waals surface area contributed by atoms with E-state index in [4.69, 9.17) is 33.3 Å². The number of nitrogens with one attached hydrogen (secondary N) is 1. The summed E-state index contributed by atoms with van der Waals surface area (Å²) in [6.07, 6.45) is 0.541. The number of hydrogen-bond acceptors (Lipinski definition) is 4. The second-order valence-electron chi connectivity index (χ2n) is 6.41. The normalized spacial score (nSPS) is 14.3. The number of carbonyl (C=O) groups excluding carboxylic acids is 1. The number of morpholine rings is 1. The highest BCUT2D eigenvalue weighted by atomic mass is 35.5. The van der Waals surface area contributed by atoms with Crippen molar-refractivity contribution < 1.29 is 14.3 Å². The van der Waals surface area contributed by atoms with Gasteiger partial charge in [0.25, 0.3) is 0 Å². The van der Waals surface area contributed by atoms with Crippen molar-refractivity contribution in [3.63, 3.8) is 0 Å². The van der Waals surface area contributed by atoms with Gasteiger partial charge in [0.1, 0.15) is 4.99 Å². The Balaban J connectivity index is 2.02. The Kier molecular flexibility index (Phi) is 6.52. The van der Waals surface area contributed by atoms with Crippen LogP contribution in [0.4, 0.5) is 0 Å². The standard InChI is InChI=1S/C20H23ClN2O3S/c1-3-26-20(24)17-13(2)22-18(19(27)23-7-9-25-10-8-23)16(17)12-14-5-4-6-15(21)11-14/h4-6,11,22H,3,7-10,12H2,1-2H3. The third-order valence-corrected chi connectivity index (χ3v) is 5.25. The van der Waals surface area contributed by atoms with Crippen LogP contribution in [0, 0.1) is 6.92 Å². The Morgan fingerprint density at radius 2 is 2.11 bits per heavy atom. The lowest BCUT2D eigenvalue weighted by molar-refractivity contribution is 0.0524. The number of aromatic amines is 1. The molecule has 1 aromatic heterocycles. The number of ether oxygens (including phenoxy) is 2. The Hall–Kier alpha value is -1.89. The molecule has 1 fully saturated rings. The summed E-state index contributed by atoms with van der Waals surface area (Å²) in [5.41, 5.74) is 3.98. The van der Waals surface area contributed by atoms with Crippen molar-refractivity contribution in [1.29, 1.82) is 0 Å². The summed E-state index contributed by atoms with van der Waals surface area (Å²) < 4.78 is 10.7. The molecule has 1 N–H and O–H groups in total. The van der Waals surface area contributed by atoms with Gasteiger partial charge in [-0.1, -0.05) is 36.0 Å². The largest absolute Gasteiger partial charge is 0.462 e. The first-order chi connectivity index (χ1) is 13.0. The molecule has 0 unspecified atom stereocenters. The molecule has 1 saturated heterocycles. The molecule has 1 aromatic carbocycles. The third kappa shape index (κ3) is 4.51. The minimum absolute atomic E-state index is 0.323. The van der Waals surface area contributed by atoms with Crippen molar-refractivity contribution >= 4 is 34.8 Å². The quantitative estimate of drug-likeness (QED) is 0.605. The topological polar surface area (TPSA) is 54.6 Å². The van der Waals surface area contributed by atoms with Gasteiger partial charge in [-0.15, -0.1) is 0 Å². The molecule has 0 amide bonds. The van der Waals surface area contributed by atoms with Crippen LogP contribution in [-0.4, -0.2) is 53.8 Å². The molecule has 2 heterocycles. The lowest BCUT2D eigenvalue weighted by atomic mass is 9.99. The Bertz CT molecular complexity index is 844. The summed E-state index contributed by atoms with van der Waals surface area (Å²) in [5.74, 6) is -0.334. The number of benzene rings is 1. The van der Waals surface area contributed by atoms with E-state index in [2.05, 4.69) is 9.88 Å². The predicted molar refractivity (Wildman–Crippen MR) is 110 cm³/mol. The highest BCUT2D eigenvalue weighted by Crippen LogP contribution is 2.26. The maximum atomic E-state index is 12.6. The molecule has 0 radical (unpaired) electrons. The lowest BCUT2D eigenvalue weighted by Crippen LogP contribution is -2.40. The van der Waals surface area contributed by atoms with Gasteiger partial charge in [0.2, 0.25) is 0 Å². The zero-order chi connectivity index (χ0) is 19.4. The SMILES string of the molecule is CCOC(=O)c1c(C)[nH]c(C(=S)N2CCOCC2)c1Cc1cccc(Cl)c1. The number of esters is 1. The van der Waals surface area contributed by atoms with Crippen LogP contribution < -0.4 is 0 Å². The van der Waals surface area contributed by atoms with E-state index in [9.17, 15) is 4.79 Å². The molecule has 27 heavy (non-hydrogen) atoms. The molecule has 144 valence electrons. The van der Waals surface area contributed by atoms with E-state index in [-0.39, 0.29) is 5.97 Å². The van der Waals surface area contributed by atoms with Gasteiger partial charge in [-0.2, -0.15) is 0 Å². The van der Waals surface area contributed by atoms with E-state index in [1.807, 2.05) is 31.2 Å². The fraction of sp³-hybridized carbons (Fsp3) is 0.400. The molecule has 0 spiro atoms. The zero-order valence-electron chi connectivity index (χ0n) is 15.5. The Morgan fingerprint density at radius 1 is 1.37 bits per heavy atom. The summed E-state index contributed by atoms with van der Waals surface area (Å²) >= 11 is 11.9. The molecule has 0 atom stereocenters. The lowest BCUT2D eigenvalue weighted by Gasteiger charge is -2.29. The van der Waals surface area contributed by atoms with Gasteiger partial charge < -0.3 is 19.4 Å². The zero-order valence-corrected chi connectivity index (χ0v) is 17.1. The van der Waals surface area contributed by atoms with Gasteiger partial charge >= 0.3 is 5.97 Å². The second kappa shape index (κ2) is 8.87. The maximum Gasteiger partial charge on any atom is 0.340 e. The monoisotopic (exact) mass is 406 g/mol. The number of thiocarbonyl (C=S) groups is 1. The number of nitrogens with zero attached hydrogens (tertiary/aromatic N) is 1. The van der Waals surface area contributed by atoms with Crippen molar-refractivity contribution in [1.82, 2.24) is 9.88 Å². The van der Waals surface area contributed by atoms with Crippen molar-refractivity contribution in [3.8, 4) is 0 Å². The molecule has 1 aliphatic heterocycles. The molecule has 7 heteroatoms. The van der Waals surface area contributed by atoms with E-state index < -0.39 is 0 Å². The fourth-order valence-electron chi connectivity index (χ4n) is 3.29. The minimum atomic E-state index is -0.334. The summed E-state index contributed by atoms with van der Waals surface area (Å²) in [5, 5.41) is 0.662. The molecule has 3 rings (SSSR count). The van der Waals surface area contributed by atoms with Gasteiger partial charge in [0, 0.05) is 30.2 Å². The number of halogens is 1. The molecule has 1 aliphatic rings. The molecule has 0 bridgehead atoms. The second-order valence-corrected chi connectivity index (χ2v) is 7.23. The average Bonchev–Trinajstić information content (AvgIpc) is 2.98. The Labute approximate surface area is 169 Å². The molecule has 0 saturated carbocycles. The van der Waals surface area contributed by atoms with Crippen molar-refractivity contribution in [2.24, 2.45) is 0 Å². The summed E-state index contributed by atoms with van der Waals surface area (Å²) in [7, 11) is 0. The van der Waals surface area contributed by atoms with E-state index in [1.165, 1.54) is 0 Å². The van der Waals surface area contributed by atoms with Crippen LogP contribution in [0.1, 0.15) is 39.8 Å². The number of rotatable bonds is 5. The minimum Gasteiger partial charge on any atom is -0.462 e. The van der Waals surface area contributed by atoms with Gasteiger partial charge in [0.05, 0.1) is 31.1 Å². The number of hydrogen-bond donors (Lipinski definition) is 1. The number of H-pyrrole nitrogens is 1. The smallest absolute Gasteiger partial charge is 0.340 e. The van der Waals surface area contributed by atoms with Gasteiger partial charge in [-0.25, -0.2) is 4.79 Å². The van der Waals surface area contributed by atoms with Crippen LogP contribution in [0.15, 0.2) is 24.3 Å². The van der Waals surface area contributed by atoms with Crippen molar-refractivity contribution in [2.45, 2.75) is 20.3 Å². The van der Waals surface area contributed by atoms with E-state index >= 15 is 0 Å². The van der Waals surface area contributed by atoms with Gasteiger partial charge in [-0.3, -0.25) is 0 Å². The predicted octanol–water partition coefficient (Wildman–Crippen LogP) is 3.75. The van der Waals surface area contributed by atoms with Crippen molar-refractivity contribution in [3.05, 3.63) is 57.4 Å². The van der Waals surface area contributed by atoms with Crippen LogP contribution in [-0.2, 0) is 15.9 Å².